The number of benzene rings is 1. The highest BCUT2D eigenvalue weighted by molar-refractivity contribution is 5.85. The molecule has 100 valence electrons. The van der Waals surface area contributed by atoms with Gasteiger partial charge in [0.15, 0.2) is 11.5 Å². The fourth-order valence-electron chi connectivity index (χ4n) is 1.67. The van der Waals surface area contributed by atoms with Crippen molar-refractivity contribution in [2.24, 2.45) is 5.73 Å². The number of ether oxygens (including phenoxy) is 3. The van der Waals surface area contributed by atoms with Crippen molar-refractivity contribution >= 4 is 18.4 Å². The molecule has 5 nitrogen and oxygen atoms in total. The first kappa shape index (κ1) is 14.6. The van der Waals surface area contributed by atoms with Crippen molar-refractivity contribution in [3.63, 3.8) is 0 Å². The van der Waals surface area contributed by atoms with Crippen LogP contribution >= 0.6 is 12.4 Å². The zero-order chi connectivity index (χ0) is 12.3. The molecular weight excluding hydrogens is 258 g/mol. The lowest BCUT2D eigenvalue weighted by Gasteiger charge is -2.20. The van der Waals surface area contributed by atoms with Gasteiger partial charge in [-0.3, -0.25) is 4.79 Å². The SMILES string of the molecule is COC(=O)C[C@@H](N)c1ccc2c(c1)OCCO2.Cl. The highest BCUT2D eigenvalue weighted by Gasteiger charge is 2.16. The highest BCUT2D eigenvalue weighted by atomic mass is 35.5. The van der Waals surface area contributed by atoms with Crippen molar-refractivity contribution in [3.8, 4) is 11.5 Å². The number of methoxy groups -OCH3 is 1. The third-order valence-electron chi connectivity index (χ3n) is 2.61. The second-order valence-electron chi connectivity index (χ2n) is 3.79. The lowest BCUT2D eigenvalue weighted by molar-refractivity contribution is -0.141. The van der Waals surface area contributed by atoms with Crippen molar-refractivity contribution in [2.45, 2.75) is 12.5 Å². The van der Waals surface area contributed by atoms with Gasteiger partial charge in [0, 0.05) is 6.04 Å². The van der Waals surface area contributed by atoms with Gasteiger partial charge in [-0.15, -0.1) is 12.4 Å². The standard InChI is InChI=1S/C12H15NO4.ClH/c1-15-12(14)7-9(13)8-2-3-10-11(6-8)17-5-4-16-10;/h2-3,6,9H,4-5,7,13H2,1H3;1H/t9-;/m1./s1. The minimum absolute atomic E-state index is 0. The Morgan fingerprint density at radius 2 is 2.06 bits per heavy atom. The lowest BCUT2D eigenvalue weighted by atomic mass is 10.0. The topological polar surface area (TPSA) is 70.8 Å². The molecule has 18 heavy (non-hydrogen) atoms. The van der Waals surface area contributed by atoms with E-state index in [2.05, 4.69) is 4.74 Å². The Hall–Kier alpha value is -1.46. The fraction of sp³-hybridized carbons (Fsp3) is 0.417. The number of hydrogen-bond donors (Lipinski definition) is 1. The van der Waals surface area contributed by atoms with Crippen LogP contribution in [0.3, 0.4) is 0 Å². The van der Waals surface area contributed by atoms with Crippen LogP contribution in [0.25, 0.3) is 0 Å². The van der Waals surface area contributed by atoms with E-state index in [9.17, 15) is 4.79 Å². The number of hydrogen-bond acceptors (Lipinski definition) is 5. The van der Waals surface area contributed by atoms with Crippen LogP contribution in [-0.2, 0) is 9.53 Å². The summed E-state index contributed by atoms with van der Waals surface area (Å²) < 4.78 is 15.4. The van der Waals surface area contributed by atoms with Gasteiger partial charge in [0.2, 0.25) is 0 Å². The number of esters is 1. The Morgan fingerprint density at radius 3 is 2.72 bits per heavy atom. The molecule has 0 spiro atoms. The highest BCUT2D eigenvalue weighted by Crippen LogP contribution is 2.32. The van der Waals surface area contributed by atoms with Crippen molar-refractivity contribution in [2.75, 3.05) is 20.3 Å². The van der Waals surface area contributed by atoms with Crippen molar-refractivity contribution < 1.29 is 19.0 Å². The van der Waals surface area contributed by atoms with Crippen LogP contribution in [0, 0.1) is 0 Å². The van der Waals surface area contributed by atoms with E-state index in [0.717, 1.165) is 5.56 Å². The molecule has 0 fully saturated rings. The van der Waals surface area contributed by atoms with Gasteiger partial charge in [-0.1, -0.05) is 6.07 Å². The van der Waals surface area contributed by atoms with E-state index in [-0.39, 0.29) is 24.8 Å². The van der Waals surface area contributed by atoms with Gasteiger partial charge in [0.05, 0.1) is 13.5 Å². The molecule has 0 amide bonds. The monoisotopic (exact) mass is 273 g/mol. The molecule has 0 bridgehead atoms. The van der Waals surface area contributed by atoms with Crippen LogP contribution in [0.1, 0.15) is 18.0 Å². The normalized spacial score (nSPS) is 14.3. The molecule has 1 aliphatic rings. The molecule has 0 radical (unpaired) electrons. The Morgan fingerprint density at radius 1 is 1.39 bits per heavy atom. The maximum Gasteiger partial charge on any atom is 0.307 e. The van der Waals surface area contributed by atoms with Crippen LogP contribution in [0.5, 0.6) is 11.5 Å². The predicted octanol–water partition coefficient (Wildman–Crippen LogP) is 1.44. The summed E-state index contributed by atoms with van der Waals surface area (Å²) in [6.45, 7) is 1.09. The van der Waals surface area contributed by atoms with Gasteiger partial charge in [0.25, 0.3) is 0 Å². The minimum atomic E-state index is -0.390. The van der Waals surface area contributed by atoms with E-state index in [1.165, 1.54) is 7.11 Å². The number of halogens is 1. The second kappa shape index (κ2) is 6.47. The summed E-state index contributed by atoms with van der Waals surface area (Å²) in [6, 6.07) is 5.06. The van der Waals surface area contributed by atoms with E-state index < -0.39 is 6.04 Å². The maximum atomic E-state index is 11.1. The first-order valence-corrected chi connectivity index (χ1v) is 5.42. The van der Waals surface area contributed by atoms with Crippen LogP contribution < -0.4 is 15.2 Å². The average molecular weight is 274 g/mol. The number of nitrogens with two attached hydrogens (primary N) is 1. The van der Waals surface area contributed by atoms with Gasteiger partial charge in [-0.2, -0.15) is 0 Å². The van der Waals surface area contributed by atoms with Gasteiger partial charge < -0.3 is 19.9 Å². The number of carbonyl (C=O) groups is 1. The van der Waals surface area contributed by atoms with E-state index in [0.29, 0.717) is 24.7 Å². The van der Waals surface area contributed by atoms with E-state index >= 15 is 0 Å². The molecule has 0 aromatic heterocycles. The Labute approximate surface area is 112 Å². The quantitative estimate of drug-likeness (QED) is 0.844. The lowest BCUT2D eigenvalue weighted by Crippen LogP contribution is -2.18. The summed E-state index contributed by atoms with van der Waals surface area (Å²) in [5.41, 5.74) is 6.74. The van der Waals surface area contributed by atoms with E-state index in [1.807, 2.05) is 12.1 Å². The summed E-state index contributed by atoms with van der Waals surface area (Å²) >= 11 is 0. The molecule has 1 aliphatic heterocycles. The molecule has 0 aliphatic carbocycles. The molecule has 0 unspecified atom stereocenters. The summed E-state index contributed by atoms with van der Waals surface area (Å²) in [5, 5.41) is 0. The molecule has 2 N–H and O–H groups in total. The smallest absolute Gasteiger partial charge is 0.307 e. The first-order chi connectivity index (χ1) is 8.20. The molecule has 1 aromatic carbocycles. The molecule has 0 saturated carbocycles. The van der Waals surface area contributed by atoms with Crippen LogP contribution in [-0.4, -0.2) is 26.3 Å². The summed E-state index contributed by atoms with van der Waals surface area (Å²) in [7, 11) is 1.35. The van der Waals surface area contributed by atoms with Crippen LogP contribution in [0.4, 0.5) is 0 Å². The summed E-state index contributed by atoms with van der Waals surface area (Å²) in [4.78, 5) is 11.1. The Balaban J connectivity index is 0.00000162. The number of carbonyl (C=O) groups excluding carboxylic acids is 1. The summed E-state index contributed by atoms with van der Waals surface area (Å²) in [6.07, 6.45) is 0.149. The average Bonchev–Trinajstić information content (AvgIpc) is 2.38. The van der Waals surface area contributed by atoms with Gasteiger partial charge in [0.1, 0.15) is 13.2 Å². The third-order valence-corrected chi connectivity index (χ3v) is 2.61. The van der Waals surface area contributed by atoms with E-state index in [4.69, 9.17) is 15.2 Å². The molecule has 2 rings (SSSR count). The molecule has 0 saturated heterocycles. The molecule has 6 heteroatoms. The Kier molecular flexibility index (Phi) is 5.25. The fourth-order valence-corrected chi connectivity index (χ4v) is 1.67. The van der Waals surface area contributed by atoms with Crippen molar-refractivity contribution in [3.05, 3.63) is 23.8 Å². The third kappa shape index (κ3) is 3.27. The number of fused-ring (bicyclic) bond motifs is 1. The molecule has 1 atom stereocenters. The largest absolute Gasteiger partial charge is 0.486 e. The van der Waals surface area contributed by atoms with Gasteiger partial charge >= 0.3 is 5.97 Å². The van der Waals surface area contributed by atoms with Gasteiger partial charge in [-0.25, -0.2) is 0 Å². The number of rotatable bonds is 3. The van der Waals surface area contributed by atoms with Crippen molar-refractivity contribution in [1.29, 1.82) is 0 Å². The zero-order valence-electron chi connectivity index (χ0n) is 10.0. The zero-order valence-corrected chi connectivity index (χ0v) is 10.9. The maximum absolute atomic E-state index is 11.1. The minimum Gasteiger partial charge on any atom is -0.486 e. The van der Waals surface area contributed by atoms with Crippen LogP contribution in [0.15, 0.2) is 18.2 Å². The molecule has 1 aromatic rings. The van der Waals surface area contributed by atoms with Gasteiger partial charge in [-0.05, 0) is 17.7 Å². The first-order valence-electron chi connectivity index (χ1n) is 5.42. The summed E-state index contributed by atoms with van der Waals surface area (Å²) in [5.74, 6) is 1.06. The predicted molar refractivity (Wildman–Crippen MR) is 68.2 cm³/mol. The van der Waals surface area contributed by atoms with E-state index in [1.54, 1.807) is 6.07 Å². The second-order valence-corrected chi connectivity index (χ2v) is 3.79. The van der Waals surface area contributed by atoms with Crippen molar-refractivity contribution in [1.82, 2.24) is 0 Å². The molecular formula is C12H16ClNO4. The van der Waals surface area contributed by atoms with Crippen LogP contribution in [0.2, 0.25) is 0 Å². The molecule has 1 heterocycles. The Bertz CT molecular complexity index is 425.